The van der Waals surface area contributed by atoms with E-state index in [1.54, 1.807) is 12.4 Å². The number of nitrogens with zero attached hydrogens (tertiary/aromatic N) is 5. The largest absolute Gasteiger partial charge is 0.351 e. The summed E-state index contributed by atoms with van der Waals surface area (Å²) in [4.78, 5) is 25.6. The van der Waals surface area contributed by atoms with Crippen molar-refractivity contribution in [2.24, 2.45) is 0 Å². The minimum atomic E-state index is -0.368. The van der Waals surface area contributed by atoms with E-state index in [-0.39, 0.29) is 17.5 Å². The molecular formula is C21H19N7OS. The van der Waals surface area contributed by atoms with E-state index in [1.165, 1.54) is 17.7 Å². The second-order valence-electron chi connectivity index (χ2n) is 6.77. The lowest BCUT2D eigenvalue weighted by atomic mass is 10.1. The zero-order chi connectivity index (χ0) is 20.9. The fourth-order valence-corrected chi connectivity index (χ4v) is 3.46. The van der Waals surface area contributed by atoms with Crippen LogP contribution in [0.3, 0.4) is 0 Å². The Morgan fingerprint density at radius 3 is 2.50 bits per heavy atom. The topological polar surface area (TPSA) is 106 Å². The molecule has 2 N–H and O–H groups in total. The third kappa shape index (κ3) is 4.47. The van der Waals surface area contributed by atoms with Gasteiger partial charge in [0, 0.05) is 11.3 Å². The minimum Gasteiger partial charge on any atom is -0.351 e. The molecule has 4 aromatic rings. The van der Waals surface area contributed by atoms with Crippen molar-refractivity contribution in [3.63, 3.8) is 0 Å². The SMILES string of the molecule is CC(C)c1ccc(Nc2cncnc2)c(C(=O)Nc2nnc(-c3ccccc3)s2)n1. The summed E-state index contributed by atoms with van der Waals surface area (Å²) < 4.78 is 0. The second kappa shape index (κ2) is 8.75. The van der Waals surface area contributed by atoms with E-state index in [2.05, 4.69) is 35.8 Å². The van der Waals surface area contributed by atoms with Gasteiger partial charge in [0.2, 0.25) is 5.13 Å². The average molecular weight is 417 g/mol. The van der Waals surface area contributed by atoms with Crippen LogP contribution >= 0.6 is 11.3 Å². The maximum Gasteiger partial charge on any atom is 0.278 e. The second-order valence-corrected chi connectivity index (χ2v) is 7.75. The van der Waals surface area contributed by atoms with Crippen LogP contribution < -0.4 is 10.6 Å². The standard InChI is InChI=1S/C21H19N7OS/c1-13(2)16-8-9-17(24-15-10-22-12-23-11-15)18(25-16)19(29)26-21-28-27-20(30-21)14-6-4-3-5-7-14/h3-13,24H,1-2H3,(H,26,28,29). The first-order valence-corrected chi connectivity index (χ1v) is 10.1. The molecule has 0 atom stereocenters. The molecule has 0 aliphatic heterocycles. The first kappa shape index (κ1) is 19.6. The summed E-state index contributed by atoms with van der Waals surface area (Å²) in [6.07, 6.45) is 4.70. The molecule has 0 radical (unpaired) electrons. The molecule has 0 aliphatic carbocycles. The monoisotopic (exact) mass is 417 g/mol. The van der Waals surface area contributed by atoms with Crippen molar-refractivity contribution in [2.45, 2.75) is 19.8 Å². The molecule has 3 heterocycles. The maximum absolute atomic E-state index is 13.0. The molecule has 9 heteroatoms. The molecule has 30 heavy (non-hydrogen) atoms. The highest BCUT2D eigenvalue weighted by Crippen LogP contribution is 2.27. The molecule has 3 aromatic heterocycles. The Hall–Kier alpha value is -3.72. The summed E-state index contributed by atoms with van der Waals surface area (Å²) >= 11 is 1.31. The zero-order valence-corrected chi connectivity index (χ0v) is 17.2. The Kier molecular flexibility index (Phi) is 5.71. The van der Waals surface area contributed by atoms with Crippen molar-refractivity contribution in [1.29, 1.82) is 0 Å². The van der Waals surface area contributed by atoms with Crippen molar-refractivity contribution in [2.75, 3.05) is 10.6 Å². The number of carbonyl (C=O) groups excluding carboxylic acids is 1. The van der Waals surface area contributed by atoms with Crippen LogP contribution in [-0.2, 0) is 0 Å². The molecule has 0 bridgehead atoms. The lowest BCUT2D eigenvalue weighted by Gasteiger charge is -2.13. The molecule has 0 saturated carbocycles. The molecule has 1 aromatic carbocycles. The number of rotatable bonds is 6. The number of hydrogen-bond donors (Lipinski definition) is 2. The van der Waals surface area contributed by atoms with Crippen LogP contribution in [0.25, 0.3) is 10.6 Å². The van der Waals surface area contributed by atoms with Crippen LogP contribution in [0, 0.1) is 0 Å². The van der Waals surface area contributed by atoms with Gasteiger partial charge in [0.05, 0.1) is 23.8 Å². The number of benzene rings is 1. The van der Waals surface area contributed by atoms with Crippen LogP contribution in [-0.4, -0.2) is 31.1 Å². The molecule has 0 spiro atoms. The van der Waals surface area contributed by atoms with Gasteiger partial charge in [-0.2, -0.15) is 0 Å². The predicted molar refractivity (Wildman–Crippen MR) is 117 cm³/mol. The van der Waals surface area contributed by atoms with Gasteiger partial charge < -0.3 is 5.32 Å². The van der Waals surface area contributed by atoms with E-state index >= 15 is 0 Å². The van der Waals surface area contributed by atoms with Gasteiger partial charge in [-0.15, -0.1) is 10.2 Å². The van der Waals surface area contributed by atoms with Crippen molar-refractivity contribution < 1.29 is 4.79 Å². The summed E-state index contributed by atoms with van der Waals surface area (Å²) in [5, 5.41) is 15.4. The van der Waals surface area contributed by atoms with Gasteiger partial charge >= 0.3 is 0 Å². The van der Waals surface area contributed by atoms with Crippen molar-refractivity contribution in [3.8, 4) is 10.6 Å². The highest BCUT2D eigenvalue weighted by molar-refractivity contribution is 7.18. The molecule has 0 fully saturated rings. The Bertz CT molecular complexity index is 1150. The third-order valence-corrected chi connectivity index (χ3v) is 5.12. The van der Waals surface area contributed by atoms with E-state index in [0.717, 1.165) is 16.3 Å². The summed E-state index contributed by atoms with van der Waals surface area (Å²) in [6.45, 7) is 4.05. The summed E-state index contributed by atoms with van der Waals surface area (Å²) in [5.74, 6) is -0.190. The molecule has 0 saturated heterocycles. The van der Waals surface area contributed by atoms with Crippen molar-refractivity contribution in [1.82, 2.24) is 25.1 Å². The number of amides is 1. The van der Waals surface area contributed by atoms with Gasteiger partial charge in [-0.1, -0.05) is 55.5 Å². The van der Waals surface area contributed by atoms with E-state index in [1.807, 2.05) is 56.3 Å². The fourth-order valence-electron chi connectivity index (χ4n) is 2.72. The van der Waals surface area contributed by atoms with Crippen LogP contribution in [0.1, 0.15) is 35.9 Å². The van der Waals surface area contributed by atoms with Gasteiger partial charge in [0.1, 0.15) is 11.3 Å². The molecule has 4 rings (SSSR count). The Morgan fingerprint density at radius 2 is 1.77 bits per heavy atom. The molecule has 0 unspecified atom stereocenters. The molecule has 8 nitrogen and oxygen atoms in total. The van der Waals surface area contributed by atoms with Gasteiger partial charge in [-0.05, 0) is 18.1 Å². The van der Waals surface area contributed by atoms with Crippen LogP contribution in [0.15, 0.2) is 61.2 Å². The number of anilines is 3. The minimum absolute atomic E-state index is 0.178. The van der Waals surface area contributed by atoms with Gasteiger partial charge in [-0.3, -0.25) is 10.1 Å². The van der Waals surface area contributed by atoms with Crippen molar-refractivity contribution >= 4 is 33.8 Å². The molecule has 1 amide bonds. The number of pyridine rings is 1. The number of hydrogen-bond acceptors (Lipinski definition) is 8. The first-order valence-electron chi connectivity index (χ1n) is 9.33. The fraction of sp³-hybridized carbons (Fsp3) is 0.143. The van der Waals surface area contributed by atoms with Gasteiger partial charge in [0.15, 0.2) is 5.69 Å². The molecular weight excluding hydrogens is 398 g/mol. The highest BCUT2D eigenvalue weighted by atomic mass is 32.1. The van der Waals surface area contributed by atoms with E-state index < -0.39 is 0 Å². The third-order valence-electron chi connectivity index (χ3n) is 4.23. The Labute approximate surface area is 177 Å². The predicted octanol–water partition coefficient (Wildman–Crippen LogP) is 4.51. The zero-order valence-electron chi connectivity index (χ0n) is 16.4. The van der Waals surface area contributed by atoms with Crippen LogP contribution in [0.4, 0.5) is 16.5 Å². The first-order chi connectivity index (χ1) is 14.6. The summed E-state index contributed by atoms with van der Waals surface area (Å²) in [5.41, 5.74) is 3.24. The van der Waals surface area contributed by atoms with E-state index in [9.17, 15) is 4.79 Å². The summed E-state index contributed by atoms with van der Waals surface area (Å²) in [7, 11) is 0. The Balaban J connectivity index is 1.60. The number of aromatic nitrogens is 5. The van der Waals surface area contributed by atoms with Crippen LogP contribution in [0.5, 0.6) is 0 Å². The smallest absolute Gasteiger partial charge is 0.278 e. The van der Waals surface area contributed by atoms with Gasteiger partial charge in [-0.25, -0.2) is 15.0 Å². The molecule has 150 valence electrons. The lowest BCUT2D eigenvalue weighted by Crippen LogP contribution is -2.17. The average Bonchev–Trinajstić information content (AvgIpc) is 3.23. The normalized spacial score (nSPS) is 10.8. The van der Waals surface area contributed by atoms with E-state index in [4.69, 9.17) is 0 Å². The summed E-state index contributed by atoms with van der Waals surface area (Å²) in [6, 6.07) is 13.4. The van der Waals surface area contributed by atoms with E-state index in [0.29, 0.717) is 16.5 Å². The quantitative estimate of drug-likeness (QED) is 0.475. The van der Waals surface area contributed by atoms with Gasteiger partial charge in [0.25, 0.3) is 5.91 Å². The number of carbonyl (C=O) groups is 1. The lowest BCUT2D eigenvalue weighted by molar-refractivity contribution is 0.102. The number of nitrogens with one attached hydrogen (secondary N) is 2. The van der Waals surface area contributed by atoms with Crippen LogP contribution in [0.2, 0.25) is 0 Å². The molecule has 0 aliphatic rings. The maximum atomic E-state index is 13.0. The Morgan fingerprint density at radius 1 is 1.00 bits per heavy atom. The van der Waals surface area contributed by atoms with Crippen molar-refractivity contribution in [3.05, 3.63) is 72.6 Å². The highest BCUT2D eigenvalue weighted by Gasteiger charge is 2.18.